The SMILES string of the molecule is CC#CCn1c(N2CCC[C@@H](N)C2)nc2cnn(Cc3ccc(Br)c4ccccc34)c(=O)c21. The summed E-state index contributed by atoms with van der Waals surface area (Å²) in [6.45, 7) is 4.15. The molecule has 2 aromatic carbocycles. The van der Waals surface area contributed by atoms with E-state index in [0.717, 1.165) is 52.7 Å². The molecule has 33 heavy (non-hydrogen) atoms. The molecule has 5 rings (SSSR count). The number of imidazole rings is 1. The summed E-state index contributed by atoms with van der Waals surface area (Å²) in [4.78, 5) is 20.6. The van der Waals surface area contributed by atoms with E-state index in [9.17, 15) is 4.79 Å². The van der Waals surface area contributed by atoms with E-state index < -0.39 is 0 Å². The van der Waals surface area contributed by atoms with Crippen LogP contribution in [0.15, 0.2) is 51.9 Å². The number of hydrogen-bond acceptors (Lipinski definition) is 5. The Bertz CT molecular complexity index is 1460. The van der Waals surface area contributed by atoms with Crippen LogP contribution < -0.4 is 16.2 Å². The molecule has 8 heteroatoms. The summed E-state index contributed by atoms with van der Waals surface area (Å²) in [6, 6.07) is 12.3. The summed E-state index contributed by atoms with van der Waals surface area (Å²) in [5.41, 5.74) is 8.20. The molecule has 3 heterocycles. The second kappa shape index (κ2) is 9.00. The van der Waals surface area contributed by atoms with Crippen molar-refractivity contribution in [1.29, 1.82) is 0 Å². The Balaban J connectivity index is 1.62. The average molecular weight is 505 g/mol. The zero-order valence-electron chi connectivity index (χ0n) is 18.5. The minimum absolute atomic E-state index is 0.102. The number of anilines is 1. The van der Waals surface area contributed by atoms with Crippen molar-refractivity contribution in [2.24, 2.45) is 5.73 Å². The monoisotopic (exact) mass is 504 g/mol. The maximum absolute atomic E-state index is 13.6. The van der Waals surface area contributed by atoms with Gasteiger partial charge in [-0.3, -0.25) is 9.36 Å². The van der Waals surface area contributed by atoms with Gasteiger partial charge in [0, 0.05) is 23.6 Å². The lowest BCUT2D eigenvalue weighted by Crippen LogP contribution is -2.44. The number of nitrogens with two attached hydrogens (primary N) is 1. The lowest BCUT2D eigenvalue weighted by Gasteiger charge is -2.31. The van der Waals surface area contributed by atoms with E-state index in [1.54, 1.807) is 13.1 Å². The quantitative estimate of drug-likeness (QED) is 0.430. The summed E-state index contributed by atoms with van der Waals surface area (Å²) < 4.78 is 4.46. The Labute approximate surface area is 200 Å². The topological polar surface area (TPSA) is 82.0 Å². The molecule has 0 radical (unpaired) electrons. The highest BCUT2D eigenvalue weighted by atomic mass is 79.9. The predicted octanol–water partition coefficient (Wildman–Crippen LogP) is 3.51. The highest BCUT2D eigenvalue weighted by Gasteiger charge is 2.24. The van der Waals surface area contributed by atoms with Crippen molar-refractivity contribution in [1.82, 2.24) is 19.3 Å². The third-order valence-corrected chi connectivity index (χ3v) is 6.86. The summed E-state index contributed by atoms with van der Waals surface area (Å²) >= 11 is 3.62. The second-order valence-corrected chi connectivity index (χ2v) is 9.22. The summed E-state index contributed by atoms with van der Waals surface area (Å²) in [5, 5.41) is 6.66. The molecule has 1 atom stereocenters. The van der Waals surface area contributed by atoms with Crippen LogP contribution in [0.3, 0.4) is 0 Å². The van der Waals surface area contributed by atoms with Crippen molar-refractivity contribution in [3.05, 3.63) is 63.0 Å². The molecule has 168 valence electrons. The van der Waals surface area contributed by atoms with Crippen molar-refractivity contribution in [3.63, 3.8) is 0 Å². The van der Waals surface area contributed by atoms with Gasteiger partial charge in [0.2, 0.25) is 5.95 Å². The van der Waals surface area contributed by atoms with Crippen LogP contribution in [-0.2, 0) is 13.1 Å². The van der Waals surface area contributed by atoms with Gasteiger partial charge in [-0.1, -0.05) is 52.2 Å². The Morgan fingerprint density at radius 1 is 1.21 bits per heavy atom. The van der Waals surface area contributed by atoms with Crippen LogP contribution in [0, 0.1) is 11.8 Å². The van der Waals surface area contributed by atoms with Gasteiger partial charge in [-0.25, -0.2) is 9.67 Å². The molecule has 0 bridgehead atoms. The highest BCUT2D eigenvalue weighted by molar-refractivity contribution is 9.10. The average Bonchev–Trinajstić information content (AvgIpc) is 3.20. The van der Waals surface area contributed by atoms with Gasteiger partial charge >= 0.3 is 0 Å². The number of piperidine rings is 1. The van der Waals surface area contributed by atoms with Gasteiger partial charge in [-0.15, -0.1) is 5.92 Å². The van der Waals surface area contributed by atoms with Gasteiger partial charge in [0.15, 0.2) is 0 Å². The molecule has 0 spiro atoms. The fraction of sp³-hybridized carbons (Fsp3) is 0.320. The Kier molecular flexibility index (Phi) is 5.92. The molecule has 1 saturated heterocycles. The van der Waals surface area contributed by atoms with Crippen molar-refractivity contribution in [2.45, 2.75) is 38.9 Å². The van der Waals surface area contributed by atoms with Crippen LogP contribution in [0.25, 0.3) is 21.8 Å². The van der Waals surface area contributed by atoms with E-state index in [2.05, 4.69) is 49.9 Å². The summed E-state index contributed by atoms with van der Waals surface area (Å²) in [6.07, 6.45) is 3.69. The first-order chi connectivity index (χ1) is 16.1. The van der Waals surface area contributed by atoms with Gasteiger partial charge in [0.25, 0.3) is 5.56 Å². The molecule has 7 nitrogen and oxygen atoms in total. The van der Waals surface area contributed by atoms with E-state index in [0.29, 0.717) is 24.1 Å². The van der Waals surface area contributed by atoms with Crippen molar-refractivity contribution < 1.29 is 0 Å². The van der Waals surface area contributed by atoms with E-state index in [-0.39, 0.29) is 11.6 Å². The van der Waals surface area contributed by atoms with Gasteiger partial charge in [-0.2, -0.15) is 5.10 Å². The van der Waals surface area contributed by atoms with Gasteiger partial charge in [-0.05, 0) is 42.2 Å². The van der Waals surface area contributed by atoms with Gasteiger partial charge < -0.3 is 10.6 Å². The zero-order chi connectivity index (χ0) is 22.9. The number of benzene rings is 2. The largest absolute Gasteiger partial charge is 0.341 e. The number of aromatic nitrogens is 4. The fourth-order valence-electron chi connectivity index (χ4n) is 4.55. The van der Waals surface area contributed by atoms with Gasteiger partial charge in [0.1, 0.15) is 11.0 Å². The van der Waals surface area contributed by atoms with E-state index in [1.165, 1.54) is 4.68 Å². The molecule has 1 fully saturated rings. The summed E-state index contributed by atoms with van der Waals surface area (Å²) in [5.74, 6) is 6.78. The number of nitrogens with zero attached hydrogens (tertiary/aromatic N) is 5. The van der Waals surface area contributed by atoms with Crippen LogP contribution in [0.2, 0.25) is 0 Å². The molecule has 0 saturated carbocycles. The maximum Gasteiger partial charge on any atom is 0.293 e. The van der Waals surface area contributed by atoms with Crippen molar-refractivity contribution in [3.8, 4) is 11.8 Å². The minimum atomic E-state index is -0.169. The molecule has 2 aromatic heterocycles. The minimum Gasteiger partial charge on any atom is -0.341 e. The van der Waals surface area contributed by atoms with Crippen LogP contribution >= 0.6 is 15.9 Å². The van der Waals surface area contributed by atoms with E-state index in [1.807, 2.05) is 28.8 Å². The van der Waals surface area contributed by atoms with Crippen LogP contribution in [0.1, 0.15) is 25.3 Å². The fourth-order valence-corrected chi connectivity index (χ4v) is 5.03. The molecule has 4 aromatic rings. The molecule has 1 aliphatic heterocycles. The Morgan fingerprint density at radius 3 is 2.82 bits per heavy atom. The van der Waals surface area contributed by atoms with Crippen LogP contribution in [-0.4, -0.2) is 38.5 Å². The number of hydrogen-bond donors (Lipinski definition) is 1. The third kappa shape index (κ3) is 4.03. The first kappa shape index (κ1) is 21.7. The lowest BCUT2D eigenvalue weighted by atomic mass is 10.0. The maximum atomic E-state index is 13.6. The van der Waals surface area contributed by atoms with Crippen LogP contribution in [0.5, 0.6) is 0 Å². The summed E-state index contributed by atoms with van der Waals surface area (Å²) in [7, 11) is 0. The molecule has 0 aliphatic carbocycles. The second-order valence-electron chi connectivity index (χ2n) is 8.37. The molecular formula is C25H25BrN6O. The number of halogens is 1. The lowest BCUT2D eigenvalue weighted by molar-refractivity contribution is 0.496. The first-order valence-corrected chi connectivity index (χ1v) is 11.9. The molecule has 2 N–H and O–H groups in total. The first-order valence-electron chi connectivity index (χ1n) is 11.1. The molecular weight excluding hydrogens is 480 g/mol. The normalized spacial score (nSPS) is 16.2. The standard InChI is InChI=1S/C25H25BrN6O/c1-2-3-13-31-23-22(29-25(31)30-12-6-7-18(27)16-30)14-28-32(24(23)33)15-17-10-11-21(26)20-9-5-4-8-19(17)20/h4-5,8-11,14,18H,6-7,12-13,15-16,27H2,1H3/t18-/m1/s1. The number of rotatable bonds is 4. The molecule has 0 unspecified atom stereocenters. The third-order valence-electron chi connectivity index (χ3n) is 6.17. The van der Waals surface area contributed by atoms with E-state index >= 15 is 0 Å². The van der Waals surface area contributed by atoms with Crippen LogP contribution in [0.4, 0.5) is 5.95 Å². The van der Waals surface area contributed by atoms with E-state index in [4.69, 9.17) is 10.7 Å². The highest BCUT2D eigenvalue weighted by Crippen LogP contribution is 2.27. The van der Waals surface area contributed by atoms with Crippen molar-refractivity contribution >= 4 is 43.7 Å². The number of fused-ring (bicyclic) bond motifs is 2. The zero-order valence-corrected chi connectivity index (χ0v) is 20.0. The Morgan fingerprint density at radius 2 is 2.03 bits per heavy atom. The van der Waals surface area contributed by atoms with Crippen molar-refractivity contribution in [2.75, 3.05) is 18.0 Å². The molecule has 0 amide bonds. The predicted molar refractivity (Wildman–Crippen MR) is 135 cm³/mol. The molecule has 1 aliphatic rings. The Hall–Kier alpha value is -3.15. The van der Waals surface area contributed by atoms with Gasteiger partial charge in [0.05, 0.1) is 19.3 Å². The smallest absolute Gasteiger partial charge is 0.293 e.